The largest absolute Gasteiger partial charge is 0.390 e. The van der Waals surface area contributed by atoms with E-state index in [1.54, 1.807) is 19.8 Å². The highest BCUT2D eigenvalue weighted by Crippen LogP contribution is 2.58. The molecule has 6 unspecified atom stereocenters. The van der Waals surface area contributed by atoms with E-state index in [0.717, 1.165) is 50.7 Å². The van der Waals surface area contributed by atoms with Crippen molar-refractivity contribution in [1.29, 1.82) is 0 Å². The molecule has 0 heterocycles. The fourth-order valence-corrected chi connectivity index (χ4v) is 7.30. The fourth-order valence-electron chi connectivity index (χ4n) is 7.30. The molecule has 4 heteroatoms. The molecule has 0 amide bonds. The van der Waals surface area contributed by atoms with Crippen LogP contribution in [0.4, 0.5) is 0 Å². The highest BCUT2D eigenvalue weighted by molar-refractivity contribution is 5.30. The number of rotatable bonds is 11. The van der Waals surface area contributed by atoms with Crippen molar-refractivity contribution in [1.82, 2.24) is 0 Å². The maximum atomic E-state index is 10.6. The normalized spacial score (nSPS) is 33.7. The van der Waals surface area contributed by atoms with Crippen LogP contribution >= 0.6 is 0 Å². The van der Waals surface area contributed by atoms with Crippen LogP contribution in [0.1, 0.15) is 98.3 Å². The number of ether oxygens (including phenoxy) is 3. The maximum absolute atomic E-state index is 10.6. The van der Waals surface area contributed by atoms with Crippen molar-refractivity contribution in [3.8, 4) is 0 Å². The molecule has 0 bridgehead atoms. The van der Waals surface area contributed by atoms with Crippen LogP contribution in [-0.4, -0.2) is 49.8 Å². The minimum atomic E-state index is -0.521. The van der Waals surface area contributed by atoms with E-state index in [0.29, 0.717) is 17.3 Å². The first-order valence-corrected chi connectivity index (χ1v) is 14.2. The van der Waals surface area contributed by atoms with Gasteiger partial charge in [-0.1, -0.05) is 50.6 Å². The molecule has 0 radical (unpaired) electrons. The van der Waals surface area contributed by atoms with E-state index in [1.807, 2.05) is 0 Å². The first-order valence-electron chi connectivity index (χ1n) is 14.2. The van der Waals surface area contributed by atoms with Crippen molar-refractivity contribution < 1.29 is 19.3 Å². The Kier molecular flexibility index (Phi) is 10.3. The van der Waals surface area contributed by atoms with E-state index in [4.69, 9.17) is 14.2 Å². The molecule has 200 valence electrons. The molecular formula is C31H52O4. The van der Waals surface area contributed by atoms with Gasteiger partial charge in [-0.05, 0) is 100 Å². The molecule has 3 aliphatic carbocycles. The summed E-state index contributed by atoms with van der Waals surface area (Å²) in [6, 6.07) is 0. The zero-order chi connectivity index (χ0) is 25.6. The molecule has 3 fully saturated rings. The standard InChI is InChI=1S/C31H52O4/c1-8-31(32,9-2)18-11-19-35-23(4)26-15-16-27-25(12-10-17-30(26,27)5)14-13-24-20-28(33-6)22(3)29(21-24)34-7/h13-14,23,26-29,32H,3,8-12,15-21H2,1-2,4-7H3. The lowest BCUT2D eigenvalue weighted by Crippen LogP contribution is -2.39. The molecule has 35 heavy (non-hydrogen) atoms. The monoisotopic (exact) mass is 488 g/mol. The van der Waals surface area contributed by atoms with Gasteiger partial charge in [0.2, 0.25) is 0 Å². The highest BCUT2D eigenvalue weighted by Gasteiger charge is 2.51. The van der Waals surface area contributed by atoms with Gasteiger partial charge in [0.05, 0.1) is 23.9 Å². The van der Waals surface area contributed by atoms with Gasteiger partial charge in [-0.25, -0.2) is 0 Å². The molecule has 0 aromatic rings. The molecule has 3 saturated carbocycles. The quantitative estimate of drug-likeness (QED) is 0.247. The third kappa shape index (κ3) is 6.50. The minimum Gasteiger partial charge on any atom is -0.390 e. The number of fused-ring (bicyclic) bond motifs is 1. The number of methoxy groups -OCH3 is 2. The zero-order valence-electron chi connectivity index (χ0n) is 23.4. The zero-order valence-corrected chi connectivity index (χ0v) is 23.4. The van der Waals surface area contributed by atoms with Crippen LogP contribution in [0, 0.1) is 17.3 Å². The summed E-state index contributed by atoms with van der Waals surface area (Å²) < 4.78 is 17.8. The van der Waals surface area contributed by atoms with Crippen LogP contribution < -0.4 is 0 Å². The SMILES string of the molecule is C=C1C(OC)CC(=CC=C2CCCC3(C)C2CCC3C(C)OCCCC(O)(CC)CC)CC1OC. The second kappa shape index (κ2) is 12.5. The van der Waals surface area contributed by atoms with Crippen molar-refractivity contribution in [2.75, 3.05) is 20.8 Å². The van der Waals surface area contributed by atoms with E-state index in [9.17, 15) is 5.11 Å². The lowest BCUT2D eigenvalue weighted by atomic mass is 9.62. The lowest BCUT2D eigenvalue weighted by molar-refractivity contribution is -0.0365. The van der Waals surface area contributed by atoms with Crippen molar-refractivity contribution in [2.45, 2.75) is 122 Å². The average Bonchev–Trinajstić information content (AvgIpc) is 3.23. The summed E-state index contributed by atoms with van der Waals surface area (Å²) in [7, 11) is 3.54. The third-order valence-electron chi connectivity index (χ3n) is 9.91. The third-order valence-corrected chi connectivity index (χ3v) is 9.91. The molecule has 3 rings (SSSR count). The summed E-state index contributed by atoms with van der Waals surface area (Å²) in [4.78, 5) is 0. The summed E-state index contributed by atoms with van der Waals surface area (Å²) in [6.07, 6.45) is 16.7. The summed E-state index contributed by atoms with van der Waals surface area (Å²) in [5.74, 6) is 1.26. The van der Waals surface area contributed by atoms with Crippen molar-refractivity contribution in [3.63, 3.8) is 0 Å². The number of hydrogen-bond donors (Lipinski definition) is 1. The van der Waals surface area contributed by atoms with E-state index in [1.165, 1.54) is 37.7 Å². The van der Waals surface area contributed by atoms with Gasteiger partial charge in [0.1, 0.15) is 0 Å². The Balaban J connectivity index is 1.62. The second-order valence-electron chi connectivity index (χ2n) is 11.7. The van der Waals surface area contributed by atoms with Gasteiger partial charge in [0.25, 0.3) is 0 Å². The Hall–Kier alpha value is -0.940. The predicted octanol–water partition coefficient (Wildman–Crippen LogP) is 7.17. The Bertz CT molecular complexity index is 746. The molecule has 1 N–H and O–H groups in total. The van der Waals surface area contributed by atoms with Crippen LogP contribution in [-0.2, 0) is 14.2 Å². The fraction of sp³-hybridized carbons (Fsp3) is 0.806. The van der Waals surface area contributed by atoms with Crippen molar-refractivity contribution in [2.24, 2.45) is 17.3 Å². The van der Waals surface area contributed by atoms with E-state index in [2.05, 4.69) is 46.4 Å². The van der Waals surface area contributed by atoms with Crippen LogP contribution in [0.3, 0.4) is 0 Å². The Morgan fingerprint density at radius 1 is 1.11 bits per heavy atom. The van der Waals surface area contributed by atoms with E-state index >= 15 is 0 Å². The summed E-state index contributed by atoms with van der Waals surface area (Å²) in [5.41, 5.74) is 3.89. The molecule has 0 aliphatic heterocycles. The Morgan fingerprint density at radius 3 is 2.37 bits per heavy atom. The molecule has 4 nitrogen and oxygen atoms in total. The molecule has 6 atom stereocenters. The Morgan fingerprint density at radius 2 is 1.77 bits per heavy atom. The molecule has 0 aromatic heterocycles. The van der Waals surface area contributed by atoms with Crippen molar-refractivity contribution in [3.05, 3.63) is 35.5 Å². The van der Waals surface area contributed by atoms with Crippen molar-refractivity contribution >= 4 is 0 Å². The van der Waals surface area contributed by atoms with Crippen LogP contribution in [0.2, 0.25) is 0 Å². The van der Waals surface area contributed by atoms with Gasteiger partial charge in [-0.15, -0.1) is 0 Å². The van der Waals surface area contributed by atoms with Crippen LogP contribution in [0.5, 0.6) is 0 Å². The summed E-state index contributed by atoms with van der Waals surface area (Å²) in [6.45, 7) is 13.9. The van der Waals surface area contributed by atoms with Gasteiger partial charge < -0.3 is 19.3 Å². The number of aliphatic hydroxyl groups is 1. The highest BCUT2D eigenvalue weighted by atomic mass is 16.5. The van der Waals surface area contributed by atoms with Crippen LogP contribution in [0.15, 0.2) is 35.5 Å². The topological polar surface area (TPSA) is 47.9 Å². The van der Waals surface area contributed by atoms with Gasteiger partial charge >= 0.3 is 0 Å². The Labute approximate surface area is 215 Å². The lowest BCUT2D eigenvalue weighted by Gasteiger charge is -2.44. The van der Waals surface area contributed by atoms with Gasteiger partial charge in [0.15, 0.2) is 0 Å². The van der Waals surface area contributed by atoms with Gasteiger partial charge in [-0.2, -0.15) is 0 Å². The maximum Gasteiger partial charge on any atom is 0.0840 e. The number of allylic oxidation sites excluding steroid dienone is 3. The molecule has 0 saturated heterocycles. The van der Waals surface area contributed by atoms with Crippen LogP contribution in [0.25, 0.3) is 0 Å². The summed E-state index contributed by atoms with van der Waals surface area (Å²) >= 11 is 0. The van der Waals surface area contributed by atoms with E-state index < -0.39 is 5.60 Å². The minimum absolute atomic E-state index is 0.0504. The molecule has 3 aliphatic rings. The number of hydrogen-bond acceptors (Lipinski definition) is 4. The smallest absolute Gasteiger partial charge is 0.0840 e. The molecule has 0 spiro atoms. The molecular weight excluding hydrogens is 436 g/mol. The first kappa shape index (κ1) is 28.6. The predicted molar refractivity (Wildman–Crippen MR) is 144 cm³/mol. The van der Waals surface area contributed by atoms with Gasteiger partial charge in [-0.3, -0.25) is 0 Å². The van der Waals surface area contributed by atoms with Gasteiger partial charge in [0, 0.05) is 20.8 Å². The average molecular weight is 489 g/mol. The van der Waals surface area contributed by atoms with E-state index in [-0.39, 0.29) is 18.3 Å². The summed E-state index contributed by atoms with van der Waals surface area (Å²) in [5, 5.41) is 10.6. The first-order chi connectivity index (χ1) is 16.7. The molecule has 0 aromatic carbocycles. The second-order valence-corrected chi connectivity index (χ2v) is 11.7.